The van der Waals surface area contributed by atoms with Crippen molar-refractivity contribution in [3.05, 3.63) is 493 Å². The van der Waals surface area contributed by atoms with E-state index in [1.54, 1.807) is 0 Å². The van der Waals surface area contributed by atoms with E-state index in [1.807, 2.05) is 84.2 Å². The molecule has 0 atom stereocenters. The summed E-state index contributed by atoms with van der Waals surface area (Å²) in [6.45, 7) is 0. The van der Waals surface area contributed by atoms with E-state index in [-0.39, 0.29) is 0 Å². The molecule has 26 rings (SSSR count). The number of para-hydroxylation sites is 2. The van der Waals surface area contributed by atoms with Crippen molar-refractivity contribution in [2.75, 3.05) is 0 Å². The molecule has 0 bridgehead atoms. The van der Waals surface area contributed by atoms with Crippen LogP contribution in [-0.4, -0.2) is 29.9 Å². The fraction of sp³-hybridized carbons (Fsp3) is 0.0167. The molecule has 596 valence electrons. The Labute approximate surface area is 749 Å². The Morgan fingerprint density at radius 1 is 0.156 bits per heavy atom. The highest BCUT2D eigenvalue weighted by molar-refractivity contribution is 7.99. The first-order chi connectivity index (χ1) is 63.4. The maximum atomic E-state index is 5.44. The van der Waals surface area contributed by atoms with Crippen molar-refractivity contribution in [3.63, 3.8) is 0 Å². The van der Waals surface area contributed by atoms with Crippen LogP contribution in [0.3, 0.4) is 0 Å². The summed E-state index contributed by atoms with van der Waals surface area (Å²) in [7, 11) is 0. The van der Waals surface area contributed by atoms with Gasteiger partial charge in [-0.3, -0.25) is 0 Å². The van der Waals surface area contributed by atoms with Crippen molar-refractivity contribution in [3.8, 4) is 135 Å². The van der Waals surface area contributed by atoms with Crippen molar-refractivity contribution in [2.24, 2.45) is 0 Å². The van der Waals surface area contributed by atoms with Crippen LogP contribution in [0.15, 0.2) is 468 Å². The van der Waals surface area contributed by atoms with Gasteiger partial charge in [0.1, 0.15) is 0 Å². The summed E-state index contributed by atoms with van der Waals surface area (Å²) < 4.78 is 0. The lowest BCUT2D eigenvalue weighted by Gasteiger charge is -2.39. The molecule has 8 heteroatoms. The summed E-state index contributed by atoms with van der Waals surface area (Å²) >= 11 is 3.76. The molecule has 0 amide bonds. The predicted octanol–water partition coefficient (Wildman–Crippen LogP) is 30.7. The lowest BCUT2D eigenvalue weighted by Crippen LogP contribution is -2.31. The van der Waals surface area contributed by atoms with Gasteiger partial charge < -0.3 is 0 Å². The molecule has 128 heavy (non-hydrogen) atoms. The van der Waals surface area contributed by atoms with Gasteiger partial charge in [-0.15, -0.1) is 0 Å². The molecular weight excluding hydrogens is 1590 g/mol. The first-order valence-electron chi connectivity index (χ1n) is 43.5. The van der Waals surface area contributed by atoms with Crippen molar-refractivity contribution in [2.45, 2.75) is 30.4 Å². The molecule has 0 N–H and O–H groups in total. The zero-order valence-corrected chi connectivity index (χ0v) is 70.9. The fourth-order valence-electron chi connectivity index (χ4n) is 20.5. The number of rotatable bonds is 10. The minimum absolute atomic E-state index is 0.442. The second-order valence-electron chi connectivity index (χ2n) is 33.3. The maximum absolute atomic E-state index is 5.44. The van der Waals surface area contributed by atoms with Crippen LogP contribution in [0.25, 0.3) is 178 Å². The summed E-state index contributed by atoms with van der Waals surface area (Å²) in [6, 6.07) is 162. The summed E-state index contributed by atoms with van der Waals surface area (Å²) in [6.07, 6.45) is 0. The molecule has 0 fully saturated rings. The highest BCUT2D eigenvalue weighted by Gasteiger charge is 2.52. The van der Waals surface area contributed by atoms with E-state index in [9.17, 15) is 0 Å². The second kappa shape index (κ2) is 30.5. The van der Waals surface area contributed by atoms with Crippen molar-refractivity contribution in [1.29, 1.82) is 0 Å². The van der Waals surface area contributed by atoms with Crippen molar-refractivity contribution >= 4 is 66.9 Å². The summed E-state index contributed by atoms with van der Waals surface area (Å²) in [5.74, 6) is 1.42. The van der Waals surface area contributed by atoms with Crippen LogP contribution >= 0.6 is 23.5 Å². The van der Waals surface area contributed by atoms with Crippen LogP contribution in [0.2, 0.25) is 0 Å². The van der Waals surface area contributed by atoms with E-state index in [2.05, 4.69) is 388 Å². The van der Waals surface area contributed by atoms with E-state index in [1.165, 1.54) is 97.1 Å². The summed E-state index contributed by atoms with van der Waals surface area (Å²) in [5, 5.41) is 7.06. The molecule has 0 radical (unpaired) electrons. The molecule has 2 aliphatic heterocycles. The predicted molar refractivity (Wildman–Crippen MR) is 527 cm³/mol. The molecule has 0 saturated heterocycles. The Hall–Kier alpha value is -15.8. The third-order valence-corrected chi connectivity index (χ3v) is 28.6. The lowest BCUT2D eigenvalue weighted by atomic mass is 9.67. The molecule has 6 heterocycles. The van der Waals surface area contributed by atoms with Crippen LogP contribution in [0.5, 0.6) is 0 Å². The lowest BCUT2D eigenvalue weighted by molar-refractivity contribution is 0.723. The quantitative estimate of drug-likeness (QED) is 0.125. The van der Waals surface area contributed by atoms with Gasteiger partial charge in [0.25, 0.3) is 0 Å². The van der Waals surface area contributed by atoms with Gasteiger partial charge in [-0.25, -0.2) is 29.9 Å². The van der Waals surface area contributed by atoms with E-state index < -0.39 is 10.8 Å². The molecule has 4 aromatic heterocycles. The molecule has 4 aliphatic rings. The molecule has 6 nitrogen and oxygen atoms in total. The Balaban J connectivity index is 0.000000139. The molecule has 2 spiro atoms. The second-order valence-corrected chi connectivity index (χ2v) is 35.5. The molecule has 2 aliphatic carbocycles. The molecule has 22 aromatic rings. The molecule has 0 unspecified atom stereocenters. The number of hydrogen-bond acceptors (Lipinski definition) is 8. The topological polar surface area (TPSA) is 77.3 Å². The monoisotopic (exact) mass is 1660 g/mol. The first-order valence-corrected chi connectivity index (χ1v) is 45.1. The maximum Gasteiger partial charge on any atom is 0.160 e. The Kier molecular flexibility index (Phi) is 17.8. The smallest absolute Gasteiger partial charge is 0.160 e. The third kappa shape index (κ3) is 12.2. The van der Waals surface area contributed by atoms with E-state index in [0.29, 0.717) is 11.6 Å². The first kappa shape index (κ1) is 74.8. The molecule has 18 aromatic carbocycles. The number of benzene rings is 18. The van der Waals surface area contributed by atoms with Crippen LogP contribution in [-0.2, 0) is 10.8 Å². The van der Waals surface area contributed by atoms with E-state index >= 15 is 0 Å². The summed E-state index contributed by atoms with van der Waals surface area (Å²) in [5.41, 5.74) is 35.3. The van der Waals surface area contributed by atoms with Crippen LogP contribution in [0, 0.1) is 0 Å². The highest BCUT2D eigenvalue weighted by Crippen LogP contribution is 2.65. The zero-order chi connectivity index (χ0) is 84.4. The third-order valence-electron chi connectivity index (χ3n) is 26.3. The van der Waals surface area contributed by atoms with Gasteiger partial charge in [-0.2, -0.15) is 0 Å². The van der Waals surface area contributed by atoms with Crippen molar-refractivity contribution in [1.82, 2.24) is 29.9 Å². The van der Waals surface area contributed by atoms with Gasteiger partial charge in [0.2, 0.25) is 0 Å². The van der Waals surface area contributed by atoms with Gasteiger partial charge in [0.05, 0.1) is 56.0 Å². The van der Waals surface area contributed by atoms with Gasteiger partial charge in [0.15, 0.2) is 11.6 Å². The minimum atomic E-state index is -0.447. The number of fused-ring (bicyclic) bond motifs is 24. The summed E-state index contributed by atoms with van der Waals surface area (Å²) in [4.78, 5) is 36.2. The van der Waals surface area contributed by atoms with Crippen LogP contribution < -0.4 is 0 Å². The molecular formula is C120H74N6S2. The van der Waals surface area contributed by atoms with Gasteiger partial charge in [0, 0.05) is 85.6 Å². The normalized spacial score (nSPS) is 13.1. The average Bonchev–Trinajstić information content (AvgIpc) is 1.51. The molecule has 0 saturated carbocycles. The minimum Gasteiger partial charge on any atom is -0.247 e. The fourth-order valence-corrected chi connectivity index (χ4v) is 22.9. The SMILES string of the molecule is c1ccc(-c2cc(-c3ccc(-c4ccc(-c5nc6ccccc6c6cc7c(cc56)-c5ccccc5C75c6ccccc6Sc6ccccc65)cc4)cc3)nc(-c3ccccc3)n2)cc1.c1ccc(-c2cc(-c3cccc(-c4ccc(-c5nc6ccccc6c6cc7c(cc56)-c5ccccc5C75c6ccccc6Sc6ccccc65)cc4)c3)nc(-c3ccccc3)n2)cc1. The largest absolute Gasteiger partial charge is 0.247 e. The van der Waals surface area contributed by atoms with Gasteiger partial charge in [-0.1, -0.05) is 394 Å². The number of nitrogens with zero attached hydrogens (tertiary/aromatic N) is 6. The van der Waals surface area contributed by atoms with Crippen molar-refractivity contribution < 1.29 is 0 Å². The standard InChI is InChI=1S/2C60H37N3S/c1-3-16-39(17-4-1)54-37-55(63-59(62-54)41-18-5-2-6-19-41)43-21-15-20-42(34-43)38-30-32-40(33-31-38)58-48-35-47-44-22-7-9-24-49(44)60(52(47)36-46(48)45-23-8-12-27-53(45)61-58)50-25-10-13-28-56(50)64-57-29-14-11-26-51(57)60;1-3-15-40(16-4-1)54-37-55(63-59(62-54)43-17-5-2-6-18-43)41-31-27-38(28-32-41)39-29-33-42(34-30-39)58-48-35-47-44-19-7-9-21-49(44)60(52(47)36-46(48)45-20-8-12-24-53(45)61-58)50-22-10-13-25-56(50)64-57-26-14-11-23-51(57)60/h2*1-37H. The van der Waals surface area contributed by atoms with Gasteiger partial charge in [-0.05, 0) is 179 Å². The van der Waals surface area contributed by atoms with E-state index in [4.69, 9.17) is 29.9 Å². The number of aromatic nitrogens is 6. The van der Waals surface area contributed by atoms with Gasteiger partial charge >= 0.3 is 0 Å². The van der Waals surface area contributed by atoms with Crippen LogP contribution in [0.4, 0.5) is 0 Å². The van der Waals surface area contributed by atoms with E-state index in [0.717, 1.165) is 134 Å². The average molecular weight is 1660 g/mol. The zero-order valence-electron chi connectivity index (χ0n) is 69.2. The van der Waals surface area contributed by atoms with Crippen LogP contribution in [0.1, 0.15) is 44.5 Å². The highest BCUT2D eigenvalue weighted by atomic mass is 32.2. The Morgan fingerprint density at radius 2 is 0.445 bits per heavy atom. The number of pyridine rings is 2. The Morgan fingerprint density at radius 3 is 0.844 bits per heavy atom. The Bertz CT molecular complexity index is 8020. The number of hydrogen-bond donors (Lipinski definition) is 0.